The molecule has 0 saturated heterocycles. The molecule has 186 valence electrons. The summed E-state index contributed by atoms with van der Waals surface area (Å²) < 4.78 is 26.0. The number of anilines is 1. The number of carbonyl (C=O) groups excluding carboxylic acids is 2. The van der Waals surface area contributed by atoms with Crippen LogP contribution in [0.15, 0.2) is 48.5 Å². The van der Waals surface area contributed by atoms with E-state index in [0.717, 1.165) is 16.1 Å². The van der Waals surface area contributed by atoms with Crippen LogP contribution in [0.4, 0.5) is 5.69 Å². The lowest BCUT2D eigenvalue weighted by Gasteiger charge is -2.30. The summed E-state index contributed by atoms with van der Waals surface area (Å²) in [5, 5.41) is 3.44. The Bertz CT molecular complexity index is 1090. The SMILES string of the molecule is CC(C)NC(=O)[C@@H](C)N(Cc1ccccc1)C(=O)CCCN(c1cc(Cl)ccc1Cl)S(C)(=O)=O. The summed E-state index contributed by atoms with van der Waals surface area (Å²) in [4.78, 5) is 27.4. The summed E-state index contributed by atoms with van der Waals surface area (Å²) in [5.41, 5.74) is 1.15. The van der Waals surface area contributed by atoms with E-state index in [0.29, 0.717) is 5.02 Å². The number of rotatable bonds is 11. The van der Waals surface area contributed by atoms with Gasteiger partial charge < -0.3 is 10.2 Å². The minimum absolute atomic E-state index is 0.0381. The fraction of sp³-hybridized carbons (Fsp3) is 0.417. The number of halogens is 2. The van der Waals surface area contributed by atoms with E-state index in [2.05, 4.69) is 5.32 Å². The average Bonchev–Trinajstić information content (AvgIpc) is 2.75. The highest BCUT2D eigenvalue weighted by Crippen LogP contribution is 2.31. The lowest BCUT2D eigenvalue weighted by molar-refractivity contribution is -0.140. The van der Waals surface area contributed by atoms with Crippen LogP contribution in [-0.4, -0.2) is 50.0 Å². The van der Waals surface area contributed by atoms with Crippen molar-refractivity contribution in [2.45, 2.75) is 52.2 Å². The zero-order chi connectivity index (χ0) is 25.5. The Morgan fingerprint density at radius 2 is 1.68 bits per heavy atom. The van der Waals surface area contributed by atoms with Crippen LogP contribution in [-0.2, 0) is 26.2 Å². The molecule has 0 radical (unpaired) electrons. The molecule has 2 aromatic carbocycles. The van der Waals surface area contributed by atoms with Crippen LogP contribution in [0, 0.1) is 0 Å². The second-order valence-corrected chi connectivity index (χ2v) is 11.1. The summed E-state index contributed by atoms with van der Waals surface area (Å²) in [6.07, 6.45) is 1.36. The number of nitrogens with zero attached hydrogens (tertiary/aromatic N) is 2. The topological polar surface area (TPSA) is 86.8 Å². The lowest BCUT2D eigenvalue weighted by atomic mass is 10.1. The molecule has 0 fully saturated rings. The van der Waals surface area contributed by atoms with E-state index < -0.39 is 16.1 Å². The third-order valence-corrected chi connectivity index (χ3v) is 6.86. The van der Waals surface area contributed by atoms with Crippen molar-refractivity contribution in [3.63, 3.8) is 0 Å². The van der Waals surface area contributed by atoms with Gasteiger partial charge in [0.15, 0.2) is 0 Å². The first-order chi connectivity index (χ1) is 15.9. The van der Waals surface area contributed by atoms with Crippen molar-refractivity contribution in [1.82, 2.24) is 10.2 Å². The maximum Gasteiger partial charge on any atom is 0.242 e. The van der Waals surface area contributed by atoms with Gasteiger partial charge in [-0.2, -0.15) is 0 Å². The number of hydrogen-bond acceptors (Lipinski definition) is 4. The summed E-state index contributed by atoms with van der Waals surface area (Å²) in [5.74, 6) is -0.497. The number of hydrogen-bond donors (Lipinski definition) is 1. The monoisotopic (exact) mass is 527 g/mol. The van der Waals surface area contributed by atoms with Gasteiger partial charge in [-0.3, -0.25) is 13.9 Å². The van der Waals surface area contributed by atoms with Crippen molar-refractivity contribution in [2.75, 3.05) is 17.1 Å². The summed E-state index contributed by atoms with van der Waals surface area (Å²) >= 11 is 12.2. The highest BCUT2D eigenvalue weighted by molar-refractivity contribution is 7.92. The predicted octanol–water partition coefficient (Wildman–Crippen LogP) is 4.48. The van der Waals surface area contributed by atoms with Gasteiger partial charge in [-0.1, -0.05) is 53.5 Å². The van der Waals surface area contributed by atoms with Gasteiger partial charge in [-0.25, -0.2) is 8.42 Å². The zero-order valence-electron chi connectivity index (χ0n) is 19.8. The molecule has 1 N–H and O–H groups in total. The lowest BCUT2D eigenvalue weighted by Crippen LogP contribution is -2.49. The van der Waals surface area contributed by atoms with Crippen LogP contribution in [0.25, 0.3) is 0 Å². The van der Waals surface area contributed by atoms with Crippen LogP contribution in [0.5, 0.6) is 0 Å². The van der Waals surface area contributed by atoms with E-state index in [9.17, 15) is 18.0 Å². The van der Waals surface area contributed by atoms with Crippen molar-refractivity contribution in [3.05, 3.63) is 64.1 Å². The first-order valence-corrected chi connectivity index (χ1v) is 13.6. The standard InChI is InChI=1S/C24H31Cl2N3O4S/c1-17(2)27-24(31)18(3)28(16-19-9-6-5-7-10-19)23(30)11-8-14-29(34(4,32)33)22-15-20(25)12-13-21(22)26/h5-7,9-10,12-13,15,17-18H,8,11,14,16H2,1-4H3,(H,27,31)/t18-/m1/s1. The molecule has 0 spiro atoms. The molecule has 0 aliphatic heterocycles. The molecule has 0 aromatic heterocycles. The molecule has 0 heterocycles. The quantitative estimate of drug-likeness (QED) is 0.466. The smallest absolute Gasteiger partial charge is 0.242 e. The fourth-order valence-corrected chi connectivity index (χ4v) is 4.83. The van der Waals surface area contributed by atoms with Gasteiger partial charge in [0.1, 0.15) is 6.04 Å². The van der Waals surface area contributed by atoms with Gasteiger partial charge in [-0.15, -0.1) is 0 Å². The van der Waals surface area contributed by atoms with Crippen molar-refractivity contribution in [2.24, 2.45) is 0 Å². The Hall–Kier alpha value is -2.29. The van der Waals surface area contributed by atoms with E-state index in [-0.39, 0.29) is 54.5 Å². The Balaban J connectivity index is 2.18. The minimum atomic E-state index is -3.67. The molecular weight excluding hydrogens is 497 g/mol. The Labute approximate surface area is 212 Å². The molecule has 0 saturated carbocycles. The molecule has 1 atom stereocenters. The number of carbonyl (C=O) groups is 2. The van der Waals surface area contributed by atoms with Gasteiger partial charge >= 0.3 is 0 Å². The van der Waals surface area contributed by atoms with Crippen LogP contribution >= 0.6 is 23.2 Å². The third kappa shape index (κ3) is 8.18. The zero-order valence-corrected chi connectivity index (χ0v) is 22.1. The molecule has 7 nitrogen and oxygen atoms in total. The van der Waals surface area contributed by atoms with E-state index in [1.165, 1.54) is 17.0 Å². The molecule has 2 rings (SSSR count). The Morgan fingerprint density at radius 1 is 1.03 bits per heavy atom. The third-order valence-electron chi connectivity index (χ3n) is 5.12. The number of amides is 2. The van der Waals surface area contributed by atoms with Crippen molar-refractivity contribution < 1.29 is 18.0 Å². The van der Waals surface area contributed by atoms with Gasteiger partial charge in [0.05, 0.1) is 17.0 Å². The Kier molecular flexibility index (Phi) is 10.2. The highest BCUT2D eigenvalue weighted by atomic mass is 35.5. The largest absolute Gasteiger partial charge is 0.352 e. The normalized spacial score (nSPS) is 12.3. The van der Waals surface area contributed by atoms with Gasteiger partial charge in [0.25, 0.3) is 0 Å². The van der Waals surface area contributed by atoms with Crippen LogP contribution < -0.4 is 9.62 Å². The molecule has 34 heavy (non-hydrogen) atoms. The number of benzene rings is 2. The maximum atomic E-state index is 13.2. The molecular formula is C24H31Cl2N3O4S. The molecule has 2 aromatic rings. The van der Waals surface area contributed by atoms with Gasteiger partial charge in [0, 0.05) is 30.6 Å². The summed E-state index contributed by atoms with van der Waals surface area (Å²) in [7, 11) is -3.67. The van der Waals surface area contributed by atoms with Crippen molar-refractivity contribution in [1.29, 1.82) is 0 Å². The first kappa shape index (κ1) is 28.0. The van der Waals surface area contributed by atoms with Crippen molar-refractivity contribution >= 4 is 50.7 Å². The number of sulfonamides is 1. The van der Waals surface area contributed by atoms with Gasteiger partial charge in [-0.05, 0) is 51.0 Å². The fourth-order valence-electron chi connectivity index (χ4n) is 3.43. The maximum absolute atomic E-state index is 13.2. The average molecular weight is 529 g/mol. The molecule has 2 amide bonds. The van der Waals surface area contributed by atoms with E-state index in [4.69, 9.17) is 23.2 Å². The van der Waals surface area contributed by atoms with Gasteiger partial charge in [0.2, 0.25) is 21.8 Å². The van der Waals surface area contributed by atoms with E-state index in [1.807, 2.05) is 44.2 Å². The van der Waals surface area contributed by atoms with Crippen LogP contribution in [0.2, 0.25) is 10.0 Å². The van der Waals surface area contributed by atoms with Crippen molar-refractivity contribution in [3.8, 4) is 0 Å². The highest BCUT2D eigenvalue weighted by Gasteiger charge is 2.27. The van der Waals surface area contributed by atoms with Crippen LogP contribution in [0.3, 0.4) is 0 Å². The van der Waals surface area contributed by atoms with E-state index >= 15 is 0 Å². The molecule has 0 aliphatic rings. The summed E-state index contributed by atoms with van der Waals surface area (Å²) in [6, 6.07) is 13.2. The number of nitrogens with one attached hydrogen (secondary N) is 1. The minimum Gasteiger partial charge on any atom is -0.352 e. The molecule has 0 aliphatic carbocycles. The predicted molar refractivity (Wildman–Crippen MR) is 138 cm³/mol. The molecule has 0 unspecified atom stereocenters. The summed E-state index contributed by atoms with van der Waals surface area (Å²) in [6.45, 7) is 5.70. The molecule has 0 bridgehead atoms. The molecule has 10 heteroatoms. The second kappa shape index (κ2) is 12.4. The first-order valence-electron chi connectivity index (χ1n) is 11.0. The van der Waals surface area contributed by atoms with Crippen LogP contribution in [0.1, 0.15) is 39.2 Å². The van der Waals surface area contributed by atoms with E-state index in [1.54, 1.807) is 13.0 Å². The Morgan fingerprint density at radius 3 is 2.26 bits per heavy atom. The second-order valence-electron chi connectivity index (χ2n) is 8.38.